The molecule has 1 aliphatic carbocycles. The molecule has 0 saturated heterocycles. The third kappa shape index (κ3) is 2.77. The Labute approximate surface area is 121 Å². The van der Waals surface area contributed by atoms with E-state index < -0.39 is 10.0 Å². The second-order valence-corrected chi connectivity index (χ2v) is 7.97. The molecule has 0 amide bonds. The lowest BCUT2D eigenvalue weighted by molar-refractivity contribution is 0.270. The minimum atomic E-state index is -3.50. The van der Waals surface area contributed by atoms with Crippen LogP contribution in [0.3, 0.4) is 0 Å². The van der Waals surface area contributed by atoms with Crippen LogP contribution in [-0.4, -0.2) is 35.5 Å². The third-order valence-corrected chi connectivity index (χ3v) is 6.13. The predicted octanol–water partition coefficient (Wildman–Crippen LogP) is 1.98. The Morgan fingerprint density at radius 3 is 2.45 bits per heavy atom. The van der Waals surface area contributed by atoms with E-state index in [1.807, 2.05) is 25.3 Å². The largest absolute Gasteiger partial charge is 0.390 e. The first-order valence-corrected chi connectivity index (χ1v) is 8.52. The lowest BCUT2D eigenvalue weighted by Crippen LogP contribution is -2.38. The van der Waals surface area contributed by atoms with Crippen LogP contribution in [0.2, 0.25) is 0 Å². The third-order valence-electron chi connectivity index (χ3n) is 4.22. The fourth-order valence-corrected chi connectivity index (χ4v) is 3.81. The van der Waals surface area contributed by atoms with E-state index in [2.05, 4.69) is 0 Å². The van der Waals surface area contributed by atoms with E-state index in [4.69, 9.17) is 0 Å². The van der Waals surface area contributed by atoms with Crippen molar-refractivity contribution in [2.24, 2.45) is 5.92 Å². The zero-order valence-corrected chi connectivity index (χ0v) is 13.4. The highest BCUT2D eigenvalue weighted by molar-refractivity contribution is 7.89. The molecular formula is C14H24N2O3S. The summed E-state index contributed by atoms with van der Waals surface area (Å²) >= 11 is 0. The molecule has 1 atom stereocenters. The summed E-state index contributed by atoms with van der Waals surface area (Å²) in [6.07, 6.45) is 3.78. The SMILES string of the molecule is CC(C)C(C)N(C)S(=O)(=O)c1cc(CO)n(C2CC2)c1. The number of aliphatic hydroxyl groups is 1. The lowest BCUT2D eigenvalue weighted by Gasteiger charge is -2.26. The van der Waals surface area contributed by atoms with Crippen molar-refractivity contribution in [3.05, 3.63) is 18.0 Å². The first kappa shape index (κ1) is 15.5. The monoisotopic (exact) mass is 300 g/mol. The minimum Gasteiger partial charge on any atom is -0.390 e. The summed E-state index contributed by atoms with van der Waals surface area (Å²) in [7, 11) is -1.88. The van der Waals surface area contributed by atoms with Gasteiger partial charge in [0, 0.05) is 31.0 Å². The number of hydrogen-bond acceptors (Lipinski definition) is 3. The van der Waals surface area contributed by atoms with Gasteiger partial charge in [0.2, 0.25) is 10.0 Å². The Morgan fingerprint density at radius 2 is 2.00 bits per heavy atom. The summed E-state index contributed by atoms with van der Waals surface area (Å²) < 4.78 is 28.6. The average molecular weight is 300 g/mol. The van der Waals surface area contributed by atoms with E-state index in [1.54, 1.807) is 19.3 Å². The van der Waals surface area contributed by atoms with Gasteiger partial charge in [-0.25, -0.2) is 8.42 Å². The molecule has 0 bridgehead atoms. The smallest absolute Gasteiger partial charge is 0.244 e. The summed E-state index contributed by atoms with van der Waals surface area (Å²) in [5.74, 6) is 0.248. The maximum atomic E-state index is 12.6. The predicted molar refractivity (Wildman–Crippen MR) is 77.9 cm³/mol. The van der Waals surface area contributed by atoms with E-state index in [9.17, 15) is 13.5 Å². The molecule has 1 fully saturated rings. The van der Waals surface area contributed by atoms with Gasteiger partial charge in [-0.1, -0.05) is 13.8 Å². The molecule has 1 heterocycles. The normalized spacial score (nSPS) is 17.9. The van der Waals surface area contributed by atoms with Gasteiger partial charge in [-0.05, 0) is 31.7 Å². The first-order chi connectivity index (χ1) is 9.28. The van der Waals surface area contributed by atoms with Crippen LogP contribution in [0.1, 0.15) is 45.3 Å². The van der Waals surface area contributed by atoms with Crippen molar-refractivity contribution in [2.45, 2.75) is 57.2 Å². The van der Waals surface area contributed by atoms with Crippen molar-refractivity contribution in [1.82, 2.24) is 8.87 Å². The van der Waals surface area contributed by atoms with E-state index >= 15 is 0 Å². The van der Waals surface area contributed by atoms with Gasteiger partial charge < -0.3 is 9.67 Å². The van der Waals surface area contributed by atoms with Crippen LogP contribution >= 0.6 is 0 Å². The zero-order valence-electron chi connectivity index (χ0n) is 12.6. The lowest BCUT2D eigenvalue weighted by atomic mass is 10.1. The number of sulfonamides is 1. The molecule has 0 radical (unpaired) electrons. The summed E-state index contributed by atoms with van der Waals surface area (Å²) in [4.78, 5) is 0.281. The summed E-state index contributed by atoms with van der Waals surface area (Å²) in [6.45, 7) is 5.79. The van der Waals surface area contributed by atoms with Crippen LogP contribution in [0.4, 0.5) is 0 Å². The Balaban J connectivity index is 2.34. The molecule has 0 aromatic carbocycles. The van der Waals surface area contributed by atoms with Gasteiger partial charge in [-0.2, -0.15) is 4.31 Å². The maximum absolute atomic E-state index is 12.6. The topological polar surface area (TPSA) is 62.5 Å². The molecule has 0 spiro atoms. The van der Waals surface area contributed by atoms with Crippen molar-refractivity contribution in [3.8, 4) is 0 Å². The van der Waals surface area contributed by atoms with Gasteiger partial charge >= 0.3 is 0 Å². The van der Waals surface area contributed by atoms with Gasteiger partial charge in [0.1, 0.15) is 4.90 Å². The quantitative estimate of drug-likeness (QED) is 0.874. The van der Waals surface area contributed by atoms with E-state index in [-0.39, 0.29) is 23.5 Å². The zero-order chi connectivity index (χ0) is 15.1. The van der Waals surface area contributed by atoms with E-state index in [1.165, 1.54) is 4.31 Å². The molecule has 6 heteroatoms. The van der Waals surface area contributed by atoms with E-state index in [0.29, 0.717) is 11.7 Å². The Morgan fingerprint density at radius 1 is 1.40 bits per heavy atom. The number of aliphatic hydroxyl groups excluding tert-OH is 1. The molecule has 0 aliphatic heterocycles. The van der Waals surface area contributed by atoms with Crippen LogP contribution in [-0.2, 0) is 16.6 Å². The number of nitrogens with zero attached hydrogens (tertiary/aromatic N) is 2. The Hall–Kier alpha value is -0.850. The Bertz CT molecular complexity index is 573. The molecule has 2 rings (SSSR count). The fourth-order valence-electron chi connectivity index (χ4n) is 2.26. The number of hydrogen-bond donors (Lipinski definition) is 1. The minimum absolute atomic E-state index is 0.0677. The number of aromatic nitrogens is 1. The standard InChI is InChI=1S/C14H24N2O3S/c1-10(2)11(3)15(4)20(18,19)14-7-13(9-17)16(8-14)12-5-6-12/h7-8,10-12,17H,5-6,9H2,1-4H3. The number of rotatable bonds is 6. The van der Waals surface area contributed by atoms with Crippen molar-refractivity contribution < 1.29 is 13.5 Å². The molecule has 1 aliphatic rings. The summed E-state index contributed by atoms with van der Waals surface area (Å²) in [5, 5.41) is 9.38. The van der Waals surface area contributed by atoms with Crippen LogP contribution < -0.4 is 0 Å². The van der Waals surface area contributed by atoms with Gasteiger partial charge in [0.15, 0.2) is 0 Å². The van der Waals surface area contributed by atoms with Gasteiger partial charge in [0.25, 0.3) is 0 Å². The molecule has 1 unspecified atom stereocenters. The van der Waals surface area contributed by atoms with Gasteiger partial charge in [-0.3, -0.25) is 0 Å². The van der Waals surface area contributed by atoms with Crippen molar-refractivity contribution in [3.63, 3.8) is 0 Å². The highest BCUT2D eigenvalue weighted by atomic mass is 32.2. The molecule has 1 aromatic heterocycles. The molecule has 114 valence electrons. The molecular weight excluding hydrogens is 276 g/mol. The van der Waals surface area contributed by atoms with E-state index in [0.717, 1.165) is 12.8 Å². The molecule has 1 aromatic rings. The molecule has 1 N–H and O–H groups in total. The van der Waals surface area contributed by atoms with Crippen LogP contribution in [0.5, 0.6) is 0 Å². The van der Waals surface area contributed by atoms with Crippen LogP contribution in [0.25, 0.3) is 0 Å². The van der Waals surface area contributed by atoms with Gasteiger partial charge in [-0.15, -0.1) is 0 Å². The second-order valence-electron chi connectivity index (χ2n) is 5.97. The van der Waals surface area contributed by atoms with Crippen LogP contribution in [0, 0.1) is 5.92 Å². The summed E-state index contributed by atoms with van der Waals surface area (Å²) in [6, 6.07) is 1.88. The van der Waals surface area contributed by atoms with Crippen molar-refractivity contribution in [2.75, 3.05) is 7.05 Å². The van der Waals surface area contributed by atoms with Crippen LogP contribution in [0.15, 0.2) is 17.2 Å². The fraction of sp³-hybridized carbons (Fsp3) is 0.714. The van der Waals surface area contributed by atoms with Crippen molar-refractivity contribution >= 4 is 10.0 Å². The molecule has 5 nitrogen and oxygen atoms in total. The summed E-state index contributed by atoms with van der Waals surface area (Å²) in [5.41, 5.74) is 0.677. The Kier molecular flexibility index (Phi) is 4.27. The van der Waals surface area contributed by atoms with Gasteiger partial charge in [0.05, 0.1) is 6.61 Å². The first-order valence-electron chi connectivity index (χ1n) is 7.08. The molecule has 20 heavy (non-hydrogen) atoms. The maximum Gasteiger partial charge on any atom is 0.244 e. The second kappa shape index (κ2) is 5.50. The average Bonchev–Trinajstić information content (AvgIpc) is 3.15. The highest BCUT2D eigenvalue weighted by Crippen LogP contribution is 2.37. The molecule has 1 saturated carbocycles. The van der Waals surface area contributed by atoms with Crippen molar-refractivity contribution in [1.29, 1.82) is 0 Å². The highest BCUT2D eigenvalue weighted by Gasteiger charge is 2.31.